The van der Waals surface area contributed by atoms with E-state index in [2.05, 4.69) is 4.72 Å². The SMILES string of the molecule is O=S(=O)(NCc1ccoc1)c1ccccc1F. The smallest absolute Gasteiger partial charge is 0.243 e. The first kappa shape index (κ1) is 11.8. The van der Waals surface area contributed by atoms with E-state index in [1.54, 1.807) is 6.07 Å². The maximum atomic E-state index is 13.3. The number of benzene rings is 1. The van der Waals surface area contributed by atoms with Crippen LogP contribution in [-0.4, -0.2) is 8.42 Å². The van der Waals surface area contributed by atoms with Gasteiger partial charge in [0.05, 0.1) is 12.5 Å². The Hall–Kier alpha value is -1.66. The van der Waals surface area contributed by atoms with E-state index in [1.165, 1.54) is 30.7 Å². The third-order valence-corrected chi connectivity index (χ3v) is 3.61. The quantitative estimate of drug-likeness (QED) is 0.907. The van der Waals surface area contributed by atoms with Crippen molar-refractivity contribution in [1.29, 1.82) is 0 Å². The van der Waals surface area contributed by atoms with Crippen molar-refractivity contribution in [2.75, 3.05) is 0 Å². The maximum Gasteiger partial charge on any atom is 0.243 e. The Morgan fingerprint density at radius 3 is 2.65 bits per heavy atom. The number of hydrogen-bond donors (Lipinski definition) is 1. The highest BCUT2D eigenvalue weighted by molar-refractivity contribution is 7.89. The van der Waals surface area contributed by atoms with Crippen LogP contribution >= 0.6 is 0 Å². The van der Waals surface area contributed by atoms with Crippen LogP contribution in [-0.2, 0) is 16.6 Å². The molecule has 0 aliphatic carbocycles. The van der Waals surface area contributed by atoms with Crippen LogP contribution in [0.15, 0.2) is 52.2 Å². The molecular formula is C11H10FNO3S. The van der Waals surface area contributed by atoms with Crippen molar-refractivity contribution in [3.8, 4) is 0 Å². The van der Waals surface area contributed by atoms with Crippen molar-refractivity contribution in [3.63, 3.8) is 0 Å². The van der Waals surface area contributed by atoms with Gasteiger partial charge in [0, 0.05) is 12.1 Å². The van der Waals surface area contributed by atoms with Gasteiger partial charge in [-0.25, -0.2) is 17.5 Å². The Morgan fingerprint density at radius 1 is 1.24 bits per heavy atom. The Labute approximate surface area is 98.1 Å². The zero-order chi connectivity index (χ0) is 12.3. The highest BCUT2D eigenvalue weighted by Gasteiger charge is 2.17. The fraction of sp³-hybridized carbons (Fsp3) is 0.0909. The van der Waals surface area contributed by atoms with Crippen LogP contribution in [0, 0.1) is 5.82 Å². The molecular weight excluding hydrogens is 245 g/mol. The maximum absolute atomic E-state index is 13.3. The third-order valence-electron chi connectivity index (χ3n) is 2.17. The highest BCUT2D eigenvalue weighted by atomic mass is 32.2. The number of furan rings is 1. The zero-order valence-corrected chi connectivity index (χ0v) is 9.58. The van der Waals surface area contributed by atoms with Gasteiger partial charge in [-0.15, -0.1) is 0 Å². The average Bonchev–Trinajstić information content (AvgIpc) is 2.80. The number of hydrogen-bond acceptors (Lipinski definition) is 3. The molecule has 0 saturated heterocycles. The van der Waals surface area contributed by atoms with E-state index in [1.807, 2.05) is 0 Å². The molecule has 0 atom stereocenters. The molecule has 1 N–H and O–H groups in total. The third kappa shape index (κ3) is 2.72. The molecule has 0 fully saturated rings. The Morgan fingerprint density at radius 2 is 2.00 bits per heavy atom. The van der Waals surface area contributed by atoms with E-state index >= 15 is 0 Å². The molecule has 1 aromatic carbocycles. The van der Waals surface area contributed by atoms with E-state index in [4.69, 9.17) is 4.42 Å². The lowest BCUT2D eigenvalue weighted by Gasteiger charge is -2.06. The van der Waals surface area contributed by atoms with Gasteiger partial charge in [-0.3, -0.25) is 0 Å². The first-order chi connectivity index (χ1) is 8.09. The summed E-state index contributed by atoms with van der Waals surface area (Å²) in [4.78, 5) is -0.358. The first-order valence-electron chi connectivity index (χ1n) is 4.85. The second-order valence-corrected chi connectivity index (χ2v) is 5.12. The van der Waals surface area contributed by atoms with Crippen LogP contribution in [0.3, 0.4) is 0 Å². The molecule has 2 rings (SSSR count). The standard InChI is InChI=1S/C11H10FNO3S/c12-10-3-1-2-4-11(10)17(14,15)13-7-9-5-6-16-8-9/h1-6,8,13H,7H2. The highest BCUT2D eigenvalue weighted by Crippen LogP contribution is 2.13. The summed E-state index contributed by atoms with van der Waals surface area (Å²) in [6, 6.07) is 6.85. The van der Waals surface area contributed by atoms with Crippen molar-refractivity contribution in [2.24, 2.45) is 0 Å². The molecule has 1 aromatic heterocycles. The van der Waals surface area contributed by atoms with E-state index in [0.29, 0.717) is 5.56 Å². The Bertz CT molecular complexity index is 593. The van der Waals surface area contributed by atoms with E-state index < -0.39 is 15.8 Å². The molecule has 0 amide bonds. The van der Waals surface area contributed by atoms with Gasteiger partial charge in [0.25, 0.3) is 0 Å². The zero-order valence-electron chi connectivity index (χ0n) is 8.76. The summed E-state index contributed by atoms with van der Waals surface area (Å²) in [5.74, 6) is -0.771. The fourth-order valence-electron chi connectivity index (χ4n) is 1.31. The Kier molecular flexibility index (Phi) is 3.26. The lowest BCUT2D eigenvalue weighted by Crippen LogP contribution is -2.23. The van der Waals surface area contributed by atoms with Gasteiger partial charge in [-0.2, -0.15) is 0 Å². The van der Waals surface area contributed by atoms with E-state index in [-0.39, 0.29) is 11.4 Å². The van der Waals surface area contributed by atoms with Gasteiger partial charge in [-0.05, 0) is 18.2 Å². The molecule has 2 aromatic rings. The van der Waals surface area contributed by atoms with Crippen molar-refractivity contribution in [3.05, 3.63) is 54.2 Å². The predicted molar refractivity (Wildman–Crippen MR) is 59.1 cm³/mol. The lowest BCUT2D eigenvalue weighted by molar-refractivity contribution is 0.553. The van der Waals surface area contributed by atoms with Crippen LogP contribution in [0.2, 0.25) is 0 Å². The number of halogens is 1. The topological polar surface area (TPSA) is 59.3 Å². The van der Waals surface area contributed by atoms with Crippen molar-refractivity contribution < 1.29 is 17.2 Å². The minimum Gasteiger partial charge on any atom is -0.472 e. The van der Waals surface area contributed by atoms with Gasteiger partial charge < -0.3 is 4.42 Å². The monoisotopic (exact) mass is 255 g/mol. The molecule has 0 unspecified atom stereocenters. The summed E-state index contributed by atoms with van der Waals surface area (Å²) < 4.78 is 43.9. The largest absolute Gasteiger partial charge is 0.472 e. The van der Waals surface area contributed by atoms with Crippen molar-refractivity contribution in [2.45, 2.75) is 11.4 Å². The lowest BCUT2D eigenvalue weighted by atomic mass is 10.3. The van der Waals surface area contributed by atoms with Crippen LogP contribution < -0.4 is 4.72 Å². The summed E-state index contributed by atoms with van der Waals surface area (Å²) in [5.41, 5.74) is 0.671. The molecule has 0 radical (unpaired) electrons. The molecule has 4 nitrogen and oxygen atoms in total. The summed E-state index contributed by atoms with van der Waals surface area (Å²) in [7, 11) is -3.83. The number of nitrogens with one attached hydrogen (secondary N) is 1. The van der Waals surface area contributed by atoms with Gasteiger partial charge in [0.1, 0.15) is 10.7 Å². The van der Waals surface area contributed by atoms with E-state index in [0.717, 1.165) is 6.07 Å². The fourth-order valence-corrected chi connectivity index (χ4v) is 2.41. The molecule has 0 spiro atoms. The second kappa shape index (κ2) is 4.68. The number of sulfonamides is 1. The minimum absolute atomic E-state index is 0.0627. The summed E-state index contributed by atoms with van der Waals surface area (Å²) in [6.45, 7) is 0.0627. The Balaban J connectivity index is 2.17. The summed E-state index contributed by atoms with van der Waals surface area (Å²) >= 11 is 0. The predicted octanol–water partition coefficient (Wildman–Crippen LogP) is 1.90. The van der Waals surface area contributed by atoms with Gasteiger partial charge in [-0.1, -0.05) is 12.1 Å². The molecule has 6 heteroatoms. The second-order valence-electron chi connectivity index (χ2n) is 3.39. The average molecular weight is 255 g/mol. The van der Waals surface area contributed by atoms with Crippen molar-refractivity contribution >= 4 is 10.0 Å². The van der Waals surface area contributed by atoms with Crippen LogP contribution in [0.25, 0.3) is 0 Å². The number of rotatable bonds is 4. The molecule has 0 aliphatic rings. The molecule has 1 heterocycles. The molecule has 17 heavy (non-hydrogen) atoms. The van der Waals surface area contributed by atoms with Gasteiger partial charge in [0.15, 0.2) is 0 Å². The normalized spacial score (nSPS) is 11.6. The molecule has 0 bridgehead atoms. The van der Waals surface area contributed by atoms with Crippen LogP contribution in [0.5, 0.6) is 0 Å². The summed E-state index contributed by atoms with van der Waals surface area (Å²) in [5, 5.41) is 0. The molecule has 0 saturated carbocycles. The summed E-state index contributed by atoms with van der Waals surface area (Å²) in [6.07, 6.45) is 2.86. The van der Waals surface area contributed by atoms with E-state index in [9.17, 15) is 12.8 Å². The van der Waals surface area contributed by atoms with Crippen molar-refractivity contribution in [1.82, 2.24) is 4.72 Å². The molecule has 90 valence electrons. The van der Waals surface area contributed by atoms with Gasteiger partial charge >= 0.3 is 0 Å². The van der Waals surface area contributed by atoms with Crippen LogP contribution in [0.1, 0.15) is 5.56 Å². The minimum atomic E-state index is -3.83. The molecule has 0 aliphatic heterocycles. The van der Waals surface area contributed by atoms with Gasteiger partial charge in [0.2, 0.25) is 10.0 Å². The van der Waals surface area contributed by atoms with Crippen LogP contribution in [0.4, 0.5) is 4.39 Å². The first-order valence-corrected chi connectivity index (χ1v) is 6.33.